The monoisotopic (exact) mass is 767 g/mol. The van der Waals surface area contributed by atoms with Crippen molar-refractivity contribution in [3.8, 4) is 28.8 Å². The predicted molar refractivity (Wildman–Crippen MR) is 217 cm³/mol. The third-order valence-corrected chi connectivity index (χ3v) is 10.7. The standard InChI is InChI=1S/C44H45N7O6/c1-29-9-13-39(42(52)48-29)51-43(53)34-7-4-8-37(41(34)44(51)54)46-25-30-6-5-17-50(28-30)18-21-56-23-22-55-19-2-3-20-57-40-14-11-32(26-47-40)31-10-12-33-35-27-45-16-15-36(35)49-38(33)24-31/h4,7-8,10-12,14-16,24,26-27,30,39,46,49H,1,5-6,9,13,17-23,25,28H2,(H,48,52). The number of hydrogen-bond acceptors (Lipinski definition) is 10. The van der Waals surface area contributed by atoms with Crippen LogP contribution in [-0.4, -0.2) is 108 Å². The van der Waals surface area contributed by atoms with E-state index in [-0.39, 0.29) is 12.5 Å². The lowest BCUT2D eigenvalue weighted by Gasteiger charge is -2.33. The van der Waals surface area contributed by atoms with Crippen LogP contribution in [0.25, 0.3) is 32.9 Å². The first-order valence-electron chi connectivity index (χ1n) is 19.4. The maximum Gasteiger partial charge on any atom is 0.264 e. The summed E-state index contributed by atoms with van der Waals surface area (Å²) in [5.41, 5.74) is 6.09. The van der Waals surface area contributed by atoms with Gasteiger partial charge in [0.05, 0.1) is 30.9 Å². The molecule has 0 radical (unpaired) electrons. The number of likely N-dealkylation sites (tertiary alicyclic amines) is 1. The summed E-state index contributed by atoms with van der Waals surface area (Å²) in [7, 11) is 0. The average molecular weight is 768 g/mol. The molecule has 6 heterocycles. The molecule has 292 valence electrons. The third kappa shape index (κ3) is 8.53. The van der Waals surface area contributed by atoms with E-state index in [4.69, 9.17) is 14.2 Å². The van der Waals surface area contributed by atoms with Gasteiger partial charge in [-0.25, -0.2) is 4.98 Å². The molecule has 5 aromatic rings. The highest BCUT2D eigenvalue weighted by Gasteiger charge is 2.45. The van der Waals surface area contributed by atoms with Crippen molar-refractivity contribution in [3.05, 3.63) is 96.6 Å². The number of ether oxygens (including phenoxy) is 3. The van der Waals surface area contributed by atoms with Crippen molar-refractivity contribution in [1.29, 1.82) is 0 Å². The molecule has 3 amide bonds. The minimum absolute atomic E-state index is 0.217. The summed E-state index contributed by atoms with van der Waals surface area (Å²) >= 11 is 0. The van der Waals surface area contributed by atoms with Gasteiger partial charge in [0.1, 0.15) is 12.6 Å². The number of aromatic amines is 1. The number of rotatable bonds is 14. The lowest BCUT2D eigenvalue weighted by Crippen LogP contribution is -2.51. The summed E-state index contributed by atoms with van der Waals surface area (Å²) < 4.78 is 17.1. The first kappa shape index (κ1) is 37.8. The van der Waals surface area contributed by atoms with Crippen LogP contribution in [0.1, 0.15) is 46.4 Å². The van der Waals surface area contributed by atoms with Crippen molar-refractivity contribution in [1.82, 2.24) is 30.1 Å². The van der Waals surface area contributed by atoms with E-state index in [1.807, 2.05) is 30.5 Å². The predicted octanol–water partition coefficient (Wildman–Crippen LogP) is 5.41. The lowest BCUT2D eigenvalue weighted by molar-refractivity contribution is -0.125. The number of allylic oxidation sites excluding steroid dienone is 1. The molecule has 2 fully saturated rings. The number of piperidine rings is 2. The van der Waals surface area contributed by atoms with Gasteiger partial charge in [-0.1, -0.05) is 36.6 Å². The van der Waals surface area contributed by atoms with Crippen molar-refractivity contribution < 1.29 is 28.6 Å². The normalized spacial score (nSPS) is 18.4. The van der Waals surface area contributed by atoms with Crippen molar-refractivity contribution in [3.63, 3.8) is 0 Å². The number of fused-ring (bicyclic) bond motifs is 4. The molecule has 3 aliphatic rings. The van der Waals surface area contributed by atoms with E-state index < -0.39 is 17.9 Å². The zero-order valence-corrected chi connectivity index (χ0v) is 31.7. The molecule has 0 saturated carbocycles. The van der Waals surface area contributed by atoms with Gasteiger partial charge in [0, 0.05) is 83.0 Å². The largest absolute Gasteiger partial charge is 0.464 e. The third-order valence-electron chi connectivity index (χ3n) is 10.7. The average Bonchev–Trinajstić information content (AvgIpc) is 3.73. The summed E-state index contributed by atoms with van der Waals surface area (Å²) in [6.45, 7) is 9.25. The van der Waals surface area contributed by atoms with Crippen molar-refractivity contribution >= 4 is 45.2 Å². The molecule has 0 spiro atoms. The number of hydrogen-bond donors (Lipinski definition) is 3. The molecule has 8 rings (SSSR count). The summed E-state index contributed by atoms with van der Waals surface area (Å²) in [6, 6.07) is 16.6. The van der Waals surface area contributed by atoms with Gasteiger partial charge in [-0.15, -0.1) is 0 Å². The number of aromatic nitrogens is 3. The van der Waals surface area contributed by atoms with Gasteiger partial charge in [0.25, 0.3) is 11.8 Å². The van der Waals surface area contributed by atoms with Gasteiger partial charge in [-0.3, -0.25) is 24.3 Å². The SMILES string of the molecule is C=C1CCC(N2C(=O)c3cccc(NCC4CCCN(CCOCCOCC#CCOc5ccc(-c6ccc7c(c6)[nH]c6ccncc67)cn5)C4)c3C2=O)C(=O)N1. The molecule has 3 N–H and O–H groups in total. The zero-order chi connectivity index (χ0) is 39.1. The smallest absolute Gasteiger partial charge is 0.264 e. The molecule has 0 aliphatic carbocycles. The number of carbonyl (C=O) groups excluding carboxylic acids is 3. The van der Waals surface area contributed by atoms with Crippen molar-refractivity contribution in [2.45, 2.75) is 31.7 Å². The highest BCUT2D eigenvalue weighted by atomic mass is 16.5. The van der Waals surface area contributed by atoms with E-state index in [2.05, 4.69) is 67.1 Å². The second-order valence-electron chi connectivity index (χ2n) is 14.5. The van der Waals surface area contributed by atoms with Gasteiger partial charge < -0.3 is 34.7 Å². The van der Waals surface area contributed by atoms with E-state index in [1.165, 1.54) is 0 Å². The first-order valence-corrected chi connectivity index (χ1v) is 19.4. The van der Waals surface area contributed by atoms with Crippen molar-refractivity contribution in [2.24, 2.45) is 5.92 Å². The Morgan fingerprint density at radius 2 is 1.77 bits per heavy atom. The molecule has 3 aromatic heterocycles. The molecule has 13 heteroatoms. The zero-order valence-electron chi connectivity index (χ0n) is 31.7. The molecule has 3 aliphatic heterocycles. The van der Waals surface area contributed by atoms with Crippen LogP contribution in [0.3, 0.4) is 0 Å². The molecule has 2 saturated heterocycles. The van der Waals surface area contributed by atoms with Crippen LogP contribution in [0, 0.1) is 17.8 Å². The highest BCUT2D eigenvalue weighted by molar-refractivity contribution is 6.25. The number of anilines is 1. The highest BCUT2D eigenvalue weighted by Crippen LogP contribution is 2.34. The van der Waals surface area contributed by atoms with Crippen molar-refractivity contribution in [2.75, 3.05) is 64.5 Å². The summed E-state index contributed by atoms with van der Waals surface area (Å²) in [6.07, 6.45) is 8.51. The summed E-state index contributed by atoms with van der Waals surface area (Å²) in [4.78, 5) is 55.0. The first-order chi connectivity index (χ1) is 27.9. The van der Waals surface area contributed by atoms with Gasteiger partial charge in [0.15, 0.2) is 6.61 Å². The minimum Gasteiger partial charge on any atom is -0.464 e. The number of benzene rings is 2. The number of nitrogens with one attached hydrogen (secondary N) is 3. The summed E-state index contributed by atoms with van der Waals surface area (Å²) in [5.74, 6) is 5.60. The lowest BCUT2D eigenvalue weighted by atomic mass is 9.97. The second-order valence-corrected chi connectivity index (χ2v) is 14.5. The van der Waals surface area contributed by atoms with E-state index in [0.29, 0.717) is 80.1 Å². The maximum absolute atomic E-state index is 13.5. The van der Waals surface area contributed by atoms with Crippen LogP contribution in [0.4, 0.5) is 5.69 Å². The number of amides is 3. The topological polar surface area (TPSA) is 151 Å². The number of nitrogens with zero attached hydrogens (tertiary/aromatic N) is 4. The quantitative estimate of drug-likeness (QED) is 0.0761. The number of imide groups is 1. The fourth-order valence-corrected chi connectivity index (χ4v) is 7.83. The van der Waals surface area contributed by atoms with Crippen LogP contribution >= 0.6 is 0 Å². The fourth-order valence-electron chi connectivity index (χ4n) is 7.83. The summed E-state index contributed by atoms with van der Waals surface area (Å²) in [5, 5.41) is 8.38. The van der Waals surface area contributed by atoms with Gasteiger partial charge in [0.2, 0.25) is 11.8 Å². The molecule has 57 heavy (non-hydrogen) atoms. The minimum atomic E-state index is -0.830. The van der Waals surface area contributed by atoms with Crippen LogP contribution in [0.15, 0.2) is 85.5 Å². The molecule has 13 nitrogen and oxygen atoms in total. The van der Waals surface area contributed by atoms with Gasteiger partial charge in [-0.05, 0) is 74.0 Å². The Morgan fingerprint density at radius 3 is 2.65 bits per heavy atom. The fraction of sp³-hybridized carbons (Fsp3) is 0.341. The Morgan fingerprint density at radius 1 is 0.895 bits per heavy atom. The second kappa shape index (κ2) is 17.4. The molecule has 2 aromatic carbocycles. The number of carbonyl (C=O) groups is 3. The van der Waals surface area contributed by atoms with Crippen LogP contribution in [-0.2, 0) is 14.3 Å². The van der Waals surface area contributed by atoms with E-state index >= 15 is 0 Å². The molecular formula is C44H45N7O6. The Bertz CT molecular complexity index is 2360. The van der Waals surface area contributed by atoms with E-state index in [1.54, 1.807) is 24.5 Å². The molecule has 2 unspecified atom stereocenters. The Labute approximate surface area is 330 Å². The Balaban J connectivity index is 0.700. The molecule has 2 atom stereocenters. The number of pyridine rings is 2. The van der Waals surface area contributed by atoms with E-state index in [9.17, 15) is 14.4 Å². The van der Waals surface area contributed by atoms with Gasteiger partial charge in [-0.2, -0.15) is 0 Å². The molecular weight excluding hydrogens is 723 g/mol. The van der Waals surface area contributed by atoms with Crippen LogP contribution in [0.2, 0.25) is 0 Å². The van der Waals surface area contributed by atoms with Crippen LogP contribution in [0.5, 0.6) is 5.88 Å². The van der Waals surface area contributed by atoms with Gasteiger partial charge >= 0.3 is 0 Å². The number of H-pyrrole nitrogens is 1. The maximum atomic E-state index is 13.5. The van der Waals surface area contributed by atoms with Crippen LogP contribution < -0.4 is 15.4 Å². The Kier molecular flexibility index (Phi) is 11.5. The Hall–Kier alpha value is -6.07. The molecule has 0 bridgehead atoms. The van der Waals surface area contributed by atoms with E-state index in [0.717, 1.165) is 70.3 Å².